The van der Waals surface area contributed by atoms with Crippen molar-refractivity contribution in [2.45, 2.75) is 32.1 Å². The van der Waals surface area contributed by atoms with Crippen molar-refractivity contribution >= 4 is 0 Å². The van der Waals surface area contributed by atoms with Crippen LogP contribution in [0, 0.1) is 0 Å². The van der Waals surface area contributed by atoms with E-state index in [9.17, 15) is 13.2 Å². The summed E-state index contributed by atoms with van der Waals surface area (Å²) in [5.41, 5.74) is 1.04. The van der Waals surface area contributed by atoms with Gasteiger partial charge in [-0.15, -0.1) is 0 Å². The summed E-state index contributed by atoms with van der Waals surface area (Å²) < 4.78 is 48.7. The fraction of sp³-hybridized carbons (Fsp3) is 0.368. The second-order valence-electron chi connectivity index (χ2n) is 5.87. The number of alkyl halides is 3. The number of halogens is 3. The molecule has 0 aliphatic carbocycles. The van der Waals surface area contributed by atoms with Gasteiger partial charge in [-0.25, -0.2) is 0 Å². The number of nitrogens with one attached hydrogen (secondary N) is 1. The lowest BCUT2D eigenvalue weighted by Gasteiger charge is -2.16. The summed E-state index contributed by atoms with van der Waals surface area (Å²) in [4.78, 5) is 0. The molecule has 0 aliphatic rings. The fourth-order valence-corrected chi connectivity index (χ4v) is 2.58. The molecular weight excluding hydrogens is 331 g/mol. The minimum absolute atomic E-state index is 0.0904. The van der Waals surface area contributed by atoms with Gasteiger partial charge in [0.05, 0.1) is 19.8 Å². The van der Waals surface area contributed by atoms with Gasteiger partial charge in [0.1, 0.15) is 0 Å². The largest absolute Gasteiger partial charge is 0.493 e. The molecule has 2 aromatic carbocycles. The van der Waals surface area contributed by atoms with Crippen molar-refractivity contribution < 1.29 is 22.6 Å². The van der Waals surface area contributed by atoms with Gasteiger partial charge in [0.25, 0.3) is 0 Å². The third-order valence-corrected chi connectivity index (χ3v) is 3.90. The number of hydrogen-bond acceptors (Lipinski definition) is 3. The normalized spacial score (nSPS) is 12.7. The van der Waals surface area contributed by atoms with E-state index < -0.39 is 11.7 Å². The highest BCUT2D eigenvalue weighted by Gasteiger charge is 2.30. The molecule has 136 valence electrons. The van der Waals surface area contributed by atoms with Crippen LogP contribution in [0.5, 0.6) is 11.5 Å². The lowest BCUT2D eigenvalue weighted by atomic mass is 10.1. The maximum Gasteiger partial charge on any atom is 0.416 e. The summed E-state index contributed by atoms with van der Waals surface area (Å²) >= 11 is 0. The molecule has 1 atom stereocenters. The van der Waals surface area contributed by atoms with Crippen molar-refractivity contribution in [1.82, 2.24) is 5.32 Å². The van der Waals surface area contributed by atoms with Crippen LogP contribution in [0.3, 0.4) is 0 Å². The predicted molar refractivity (Wildman–Crippen MR) is 91.0 cm³/mol. The molecule has 1 N–H and O–H groups in total. The zero-order valence-electron chi connectivity index (χ0n) is 14.5. The lowest BCUT2D eigenvalue weighted by Crippen LogP contribution is -2.27. The van der Waals surface area contributed by atoms with Crippen LogP contribution in [-0.4, -0.2) is 20.3 Å². The molecule has 0 aliphatic heterocycles. The standard InChI is InChI=1S/C19H22F3NO2/c1-13(9-14-7-8-17(24-2)18(11-14)25-3)23-12-15-5-4-6-16(10-15)19(20,21)22/h4-8,10-11,13,23H,9,12H2,1-3H3. The maximum atomic E-state index is 12.7. The summed E-state index contributed by atoms with van der Waals surface area (Å²) in [7, 11) is 3.16. The van der Waals surface area contributed by atoms with Crippen LogP contribution in [0.1, 0.15) is 23.6 Å². The van der Waals surface area contributed by atoms with Crippen molar-refractivity contribution in [3.63, 3.8) is 0 Å². The highest BCUT2D eigenvalue weighted by molar-refractivity contribution is 5.43. The van der Waals surface area contributed by atoms with Gasteiger partial charge in [0, 0.05) is 12.6 Å². The summed E-state index contributed by atoms with van der Waals surface area (Å²) in [6.07, 6.45) is -3.60. The molecule has 0 heterocycles. The average Bonchev–Trinajstić information content (AvgIpc) is 2.59. The van der Waals surface area contributed by atoms with Gasteiger partial charge in [-0.2, -0.15) is 13.2 Å². The first-order valence-electron chi connectivity index (χ1n) is 7.94. The van der Waals surface area contributed by atoms with Crippen molar-refractivity contribution in [3.05, 3.63) is 59.2 Å². The van der Waals surface area contributed by atoms with Gasteiger partial charge in [-0.05, 0) is 42.7 Å². The smallest absolute Gasteiger partial charge is 0.416 e. The third kappa shape index (κ3) is 5.39. The molecule has 0 spiro atoms. The van der Waals surface area contributed by atoms with E-state index in [-0.39, 0.29) is 6.04 Å². The van der Waals surface area contributed by atoms with Gasteiger partial charge in [0.2, 0.25) is 0 Å². The molecule has 2 aromatic rings. The summed E-state index contributed by atoms with van der Waals surface area (Å²) in [5.74, 6) is 1.32. The summed E-state index contributed by atoms with van der Waals surface area (Å²) in [5, 5.41) is 3.25. The summed E-state index contributed by atoms with van der Waals surface area (Å²) in [6.45, 7) is 2.36. The van der Waals surface area contributed by atoms with E-state index in [4.69, 9.17) is 9.47 Å². The second-order valence-corrected chi connectivity index (χ2v) is 5.87. The molecule has 2 rings (SSSR count). The second kappa shape index (κ2) is 8.25. The fourth-order valence-electron chi connectivity index (χ4n) is 2.58. The molecule has 6 heteroatoms. The first-order chi connectivity index (χ1) is 11.8. The molecule has 0 radical (unpaired) electrons. The maximum absolute atomic E-state index is 12.7. The van der Waals surface area contributed by atoms with Gasteiger partial charge in [-0.3, -0.25) is 0 Å². The Morgan fingerprint density at radius 3 is 2.32 bits per heavy atom. The van der Waals surface area contributed by atoms with Crippen LogP contribution in [0.15, 0.2) is 42.5 Å². The molecule has 25 heavy (non-hydrogen) atoms. The van der Waals surface area contributed by atoms with E-state index in [1.807, 2.05) is 25.1 Å². The minimum Gasteiger partial charge on any atom is -0.493 e. The third-order valence-electron chi connectivity index (χ3n) is 3.90. The van der Waals surface area contributed by atoms with Gasteiger partial charge >= 0.3 is 6.18 Å². The number of rotatable bonds is 7. The Balaban J connectivity index is 1.96. The van der Waals surface area contributed by atoms with Crippen molar-refractivity contribution in [2.75, 3.05) is 14.2 Å². The van der Waals surface area contributed by atoms with Crippen molar-refractivity contribution in [1.29, 1.82) is 0 Å². The van der Waals surface area contributed by atoms with Crippen LogP contribution in [0.2, 0.25) is 0 Å². The molecule has 0 saturated heterocycles. The van der Waals surface area contributed by atoms with Crippen molar-refractivity contribution in [2.24, 2.45) is 0 Å². The SMILES string of the molecule is COc1ccc(CC(C)NCc2cccc(C(F)(F)F)c2)cc1OC. The van der Waals surface area contributed by atoms with Crippen LogP contribution in [0.25, 0.3) is 0 Å². The molecular formula is C19H22F3NO2. The topological polar surface area (TPSA) is 30.5 Å². The Hall–Kier alpha value is -2.21. The lowest BCUT2D eigenvalue weighted by molar-refractivity contribution is -0.137. The van der Waals surface area contributed by atoms with Crippen LogP contribution in [-0.2, 0) is 19.1 Å². The molecule has 0 aromatic heterocycles. The number of benzene rings is 2. The average molecular weight is 353 g/mol. The molecule has 0 amide bonds. The first kappa shape index (κ1) is 19.1. The van der Waals surface area contributed by atoms with Gasteiger partial charge in [-0.1, -0.05) is 24.3 Å². The first-order valence-corrected chi connectivity index (χ1v) is 7.94. The van der Waals surface area contributed by atoms with E-state index in [0.717, 1.165) is 18.1 Å². The molecule has 1 unspecified atom stereocenters. The highest BCUT2D eigenvalue weighted by Crippen LogP contribution is 2.30. The number of methoxy groups -OCH3 is 2. The van der Waals surface area contributed by atoms with Crippen molar-refractivity contribution in [3.8, 4) is 11.5 Å². The van der Waals surface area contributed by atoms with Crippen LogP contribution >= 0.6 is 0 Å². The molecule has 0 bridgehead atoms. The van der Waals surface area contributed by atoms with E-state index in [2.05, 4.69) is 5.32 Å². The zero-order valence-corrected chi connectivity index (χ0v) is 14.5. The Kier molecular flexibility index (Phi) is 6.31. The minimum atomic E-state index is -4.32. The highest BCUT2D eigenvalue weighted by atomic mass is 19.4. The Labute approximate surface area is 145 Å². The molecule has 0 fully saturated rings. The summed E-state index contributed by atoms with van der Waals surface area (Å²) in [6, 6.07) is 11.2. The monoisotopic (exact) mass is 353 g/mol. The van der Waals surface area contributed by atoms with Crippen LogP contribution < -0.4 is 14.8 Å². The van der Waals surface area contributed by atoms with Gasteiger partial charge < -0.3 is 14.8 Å². The quantitative estimate of drug-likeness (QED) is 0.798. The van der Waals surface area contributed by atoms with E-state index in [1.165, 1.54) is 12.1 Å². The van der Waals surface area contributed by atoms with E-state index in [0.29, 0.717) is 23.6 Å². The van der Waals surface area contributed by atoms with Crippen LogP contribution in [0.4, 0.5) is 13.2 Å². The van der Waals surface area contributed by atoms with Gasteiger partial charge in [0.15, 0.2) is 11.5 Å². The number of hydrogen-bond donors (Lipinski definition) is 1. The molecule has 3 nitrogen and oxygen atoms in total. The Morgan fingerprint density at radius 1 is 0.960 bits per heavy atom. The Morgan fingerprint density at radius 2 is 1.68 bits per heavy atom. The van der Waals surface area contributed by atoms with E-state index in [1.54, 1.807) is 20.3 Å². The number of ether oxygens (including phenoxy) is 2. The van der Waals surface area contributed by atoms with E-state index >= 15 is 0 Å². The zero-order chi connectivity index (χ0) is 18.4. The Bertz CT molecular complexity index is 701. The predicted octanol–water partition coefficient (Wildman–Crippen LogP) is 4.44. The molecule has 0 saturated carbocycles.